The Hall–Kier alpha value is -3.12. The predicted molar refractivity (Wildman–Crippen MR) is 86.3 cm³/mol. The lowest BCUT2D eigenvalue weighted by atomic mass is 10.1. The maximum atomic E-state index is 12.1. The van der Waals surface area contributed by atoms with Gasteiger partial charge in [0.1, 0.15) is 6.04 Å². The molecule has 1 rings (SSSR count). The standard InChI is InChI=1S/C11H20N10O4/c12-9(22)7(2-1-3-15-11(13)19-21(24)25)17-10(23)8-4-6(5-16-8)18-20-14/h6-8,16H,1-5H2,(H2,12,22)(H,17,23)(H3,13,15,19)/t6-,7-,8?/m0/s1. The number of amides is 2. The van der Waals surface area contributed by atoms with Crippen molar-refractivity contribution >= 4 is 17.8 Å². The quantitative estimate of drug-likeness (QED) is 0.0450. The molecule has 14 nitrogen and oxygen atoms in total. The topological polar surface area (TPSA) is 227 Å². The number of hydrazine groups is 1. The van der Waals surface area contributed by atoms with E-state index in [0.717, 1.165) is 0 Å². The van der Waals surface area contributed by atoms with Gasteiger partial charge in [-0.05, 0) is 24.8 Å². The first-order valence-corrected chi connectivity index (χ1v) is 7.41. The third-order valence-corrected chi connectivity index (χ3v) is 3.44. The highest BCUT2D eigenvalue weighted by molar-refractivity contribution is 5.89. The maximum absolute atomic E-state index is 12.1. The van der Waals surface area contributed by atoms with Crippen LogP contribution < -0.4 is 27.5 Å². The van der Waals surface area contributed by atoms with Crippen LogP contribution in [0, 0.1) is 10.1 Å². The SMILES string of the molecule is [N-]=[N+]=N[C@@H]1CNC(C(=O)N[C@@H](CCCN=C(N)N[N+](=O)[O-])C(N)=O)C1. The Bertz CT molecular complexity index is 587. The zero-order chi connectivity index (χ0) is 18.8. The van der Waals surface area contributed by atoms with Crippen LogP contribution in [0.2, 0.25) is 0 Å². The molecule has 1 unspecified atom stereocenters. The van der Waals surface area contributed by atoms with Crippen molar-refractivity contribution in [2.24, 2.45) is 21.6 Å². The molecule has 0 aromatic carbocycles. The average Bonchev–Trinajstić information content (AvgIpc) is 2.98. The van der Waals surface area contributed by atoms with Crippen molar-refractivity contribution in [1.29, 1.82) is 0 Å². The van der Waals surface area contributed by atoms with Crippen molar-refractivity contribution in [3.8, 4) is 0 Å². The lowest BCUT2D eigenvalue weighted by molar-refractivity contribution is -0.525. The smallest absolute Gasteiger partial charge is 0.251 e. The highest BCUT2D eigenvalue weighted by atomic mass is 16.7. The fraction of sp³-hybridized carbons (Fsp3) is 0.727. The predicted octanol–water partition coefficient (Wildman–Crippen LogP) is -2.13. The van der Waals surface area contributed by atoms with E-state index in [1.165, 1.54) is 0 Å². The number of nitrogens with zero attached hydrogens (tertiary/aromatic N) is 5. The van der Waals surface area contributed by atoms with E-state index in [1.807, 2.05) is 0 Å². The Labute approximate surface area is 142 Å². The molecule has 1 aliphatic rings. The van der Waals surface area contributed by atoms with Gasteiger partial charge in [0.25, 0.3) is 5.96 Å². The second-order valence-electron chi connectivity index (χ2n) is 5.30. The summed E-state index contributed by atoms with van der Waals surface area (Å²) < 4.78 is 0. The minimum atomic E-state index is -0.910. The molecule has 2 amide bonds. The molecular weight excluding hydrogens is 336 g/mol. The molecule has 25 heavy (non-hydrogen) atoms. The van der Waals surface area contributed by atoms with Crippen LogP contribution >= 0.6 is 0 Å². The molecule has 1 fully saturated rings. The van der Waals surface area contributed by atoms with Gasteiger partial charge in [-0.25, -0.2) is 15.1 Å². The van der Waals surface area contributed by atoms with E-state index in [-0.39, 0.29) is 25.0 Å². The number of aliphatic imine (C=N–C) groups is 1. The Morgan fingerprint density at radius 1 is 1.48 bits per heavy atom. The molecule has 0 aliphatic carbocycles. The summed E-state index contributed by atoms with van der Waals surface area (Å²) in [5.74, 6) is -1.49. The summed E-state index contributed by atoms with van der Waals surface area (Å²) in [4.78, 5) is 40.1. The third kappa shape index (κ3) is 7.32. The van der Waals surface area contributed by atoms with Crippen molar-refractivity contribution < 1.29 is 14.6 Å². The summed E-state index contributed by atoms with van der Waals surface area (Å²) in [6, 6.07) is -1.80. The van der Waals surface area contributed by atoms with Gasteiger partial charge in [0.15, 0.2) is 5.03 Å². The van der Waals surface area contributed by atoms with Gasteiger partial charge in [0.2, 0.25) is 11.8 Å². The fourth-order valence-corrected chi connectivity index (χ4v) is 2.26. The molecular formula is C11H20N10O4. The van der Waals surface area contributed by atoms with Crippen molar-refractivity contribution in [3.05, 3.63) is 20.6 Å². The summed E-state index contributed by atoms with van der Waals surface area (Å²) >= 11 is 0. The first kappa shape index (κ1) is 19.9. The normalized spacial score (nSPS) is 21.0. The Morgan fingerprint density at radius 2 is 2.20 bits per heavy atom. The number of hydrogen-bond donors (Lipinski definition) is 5. The van der Waals surface area contributed by atoms with Crippen LogP contribution in [0.3, 0.4) is 0 Å². The molecule has 3 atom stereocenters. The van der Waals surface area contributed by atoms with E-state index in [4.69, 9.17) is 17.0 Å². The van der Waals surface area contributed by atoms with Gasteiger partial charge in [-0.1, -0.05) is 10.5 Å². The molecule has 7 N–H and O–H groups in total. The van der Waals surface area contributed by atoms with E-state index in [9.17, 15) is 19.7 Å². The molecule has 138 valence electrons. The second kappa shape index (κ2) is 9.89. The van der Waals surface area contributed by atoms with Gasteiger partial charge in [0, 0.05) is 18.0 Å². The van der Waals surface area contributed by atoms with Gasteiger partial charge in [-0.15, -0.1) is 0 Å². The second-order valence-corrected chi connectivity index (χ2v) is 5.30. The number of guanidine groups is 1. The van der Waals surface area contributed by atoms with Crippen LogP contribution in [-0.2, 0) is 9.59 Å². The minimum absolute atomic E-state index is 0.118. The molecule has 1 heterocycles. The van der Waals surface area contributed by atoms with Crippen molar-refractivity contribution in [3.63, 3.8) is 0 Å². The van der Waals surface area contributed by atoms with Crippen molar-refractivity contribution in [1.82, 2.24) is 16.1 Å². The maximum Gasteiger partial charge on any atom is 0.251 e. The minimum Gasteiger partial charge on any atom is -0.368 e. The number of carbonyl (C=O) groups is 2. The molecule has 1 aliphatic heterocycles. The van der Waals surface area contributed by atoms with Crippen molar-refractivity contribution in [2.45, 2.75) is 37.4 Å². The first-order valence-electron chi connectivity index (χ1n) is 7.41. The summed E-state index contributed by atoms with van der Waals surface area (Å²) in [6.07, 6.45) is 0.852. The van der Waals surface area contributed by atoms with Gasteiger partial charge < -0.3 is 22.1 Å². The highest BCUT2D eigenvalue weighted by Gasteiger charge is 2.30. The Morgan fingerprint density at radius 3 is 2.80 bits per heavy atom. The molecule has 0 aromatic rings. The number of nitrogens with one attached hydrogen (secondary N) is 3. The van der Waals surface area contributed by atoms with Crippen LogP contribution in [0.15, 0.2) is 10.1 Å². The lowest BCUT2D eigenvalue weighted by Gasteiger charge is -2.18. The van der Waals surface area contributed by atoms with Crippen LogP contribution in [0.4, 0.5) is 0 Å². The first-order chi connectivity index (χ1) is 11.8. The van der Waals surface area contributed by atoms with Crippen LogP contribution in [0.1, 0.15) is 19.3 Å². The largest absolute Gasteiger partial charge is 0.368 e. The summed E-state index contributed by atoms with van der Waals surface area (Å²) in [7, 11) is 0. The summed E-state index contributed by atoms with van der Waals surface area (Å²) in [6.45, 7) is 0.494. The van der Waals surface area contributed by atoms with Gasteiger partial charge in [-0.3, -0.25) is 9.59 Å². The van der Waals surface area contributed by atoms with E-state index in [0.29, 0.717) is 19.4 Å². The third-order valence-electron chi connectivity index (χ3n) is 3.44. The van der Waals surface area contributed by atoms with Crippen LogP contribution in [0.5, 0.6) is 0 Å². The van der Waals surface area contributed by atoms with Gasteiger partial charge in [-0.2, -0.15) is 0 Å². The van der Waals surface area contributed by atoms with E-state index in [2.05, 4.69) is 25.7 Å². The Kier molecular flexibility index (Phi) is 7.89. The van der Waals surface area contributed by atoms with Gasteiger partial charge in [0.05, 0.1) is 12.1 Å². The fourth-order valence-electron chi connectivity index (χ4n) is 2.26. The molecule has 0 spiro atoms. The summed E-state index contributed by atoms with van der Waals surface area (Å²) in [5, 5.41) is 18.3. The molecule has 0 aromatic heterocycles. The van der Waals surface area contributed by atoms with Crippen molar-refractivity contribution in [2.75, 3.05) is 13.1 Å². The van der Waals surface area contributed by atoms with E-state index in [1.54, 1.807) is 5.43 Å². The Balaban J connectivity index is 2.44. The monoisotopic (exact) mass is 356 g/mol. The number of carbonyl (C=O) groups excluding carboxylic acids is 2. The number of hydrogen-bond acceptors (Lipinski definition) is 7. The van der Waals surface area contributed by atoms with Crippen LogP contribution in [-0.4, -0.2) is 54.0 Å². The molecule has 0 bridgehead atoms. The number of azide groups is 1. The van der Waals surface area contributed by atoms with Gasteiger partial charge >= 0.3 is 0 Å². The van der Waals surface area contributed by atoms with E-state index < -0.39 is 28.9 Å². The zero-order valence-corrected chi connectivity index (χ0v) is 13.3. The number of rotatable bonds is 9. The number of nitrogens with two attached hydrogens (primary N) is 2. The average molecular weight is 356 g/mol. The highest BCUT2D eigenvalue weighted by Crippen LogP contribution is 2.11. The number of nitro groups is 1. The lowest BCUT2D eigenvalue weighted by Crippen LogP contribution is -2.50. The molecule has 1 saturated heterocycles. The molecule has 0 saturated carbocycles. The van der Waals surface area contributed by atoms with E-state index >= 15 is 0 Å². The van der Waals surface area contributed by atoms with Crippen LogP contribution in [0.25, 0.3) is 10.4 Å². The molecule has 0 radical (unpaired) electrons. The number of primary amides is 1. The zero-order valence-electron chi connectivity index (χ0n) is 13.3. The molecule has 14 heteroatoms. The summed E-state index contributed by atoms with van der Waals surface area (Å²) in [5.41, 5.74) is 20.6.